The third-order valence-electron chi connectivity index (χ3n) is 5.78. The molecular formula is C26H24N6O2. The van der Waals surface area contributed by atoms with E-state index in [0.29, 0.717) is 35.6 Å². The van der Waals surface area contributed by atoms with Crippen molar-refractivity contribution in [3.8, 4) is 17.3 Å². The maximum Gasteiger partial charge on any atom is 0.278 e. The molecule has 0 radical (unpaired) electrons. The fourth-order valence-corrected chi connectivity index (χ4v) is 3.74. The van der Waals surface area contributed by atoms with Gasteiger partial charge in [0.15, 0.2) is 5.65 Å². The average molecular weight is 453 g/mol. The summed E-state index contributed by atoms with van der Waals surface area (Å²) in [4.78, 5) is 37.6. The normalized spacial score (nSPS) is 10.6. The van der Waals surface area contributed by atoms with E-state index in [1.54, 1.807) is 66.9 Å². The van der Waals surface area contributed by atoms with E-state index in [1.165, 1.54) is 4.90 Å². The van der Waals surface area contributed by atoms with Crippen LogP contribution >= 0.6 is 0 Å². The lowest BCUT2D eigenvalue weighted by molar-refractivity contribution is 0.0772. The number of anilines is 1. The largest absolute Gasteiger partial charge is 0.339 e. The smallest absolute Gasteiger partial charge is 0.278 e. The van der Waals surface area contributed by atoms with E-state index < -0.39 is 0 Å². The van der Waals surface area contributed by atoms with Gasteiger partial charge in [0.05, 0.1) is 29.7 Å². The van der Waals surface area contributed by atoms with Gasteiger partial charge < -0.3 is 9.80 Å². The van der Waals surface area contributed by atoms with Gasteiger partial charge in [0.2, 0.25) is 0 Å². The summed E-state index contributed by atoms with van der Waals surface area (Å²) in [5.41, 5.74) is 4.33. The molecule has 0 unspecified atom stereocenters. The summed E-state index contributed by atoms with van der Waals surface area (Å²) in [5.74, 6) is -0.288. The molecule has 0 fully saturated rings. The number of imidazole rings is 1. The van der Waals surface area contributed by atoms with Crippen molar-refractivity contribution < 1.29 is 9.59 Å². The third kappa shape index (κ3) is 4.24. The first kappa shape index (κ1) is 22.7. The van der Waals surface area contributed by atoms with Crippen LogP contribution in [0.15, 0.2) is 67.1 Å². The van der Waals surface area contributed by atoms with E-state index in [2.05, 4.69) is 16.0 Å². The lowest BCUT2D eigenvalue weighted by Crippen LogP contribution is -2.30. The molecule has 4 rings (SSSR count). The van der Waals surface area contributed by atoms with Crippen LogP contribution < -0.4 is 4.90 Å². The molecule has 2 aromatic carbocycles. The van der Waals surface area contributed by atoms with Crippen LogP contribution in [0.4, 0.5) is 5.69 Å². The van der Waals surface area contributed by atoms with Gasteiger partial charge in [0.25, 0.3) is 11.8 Å². The van der Waals surface area contributed by atoms with E-state index in [9.17, 15) is 9.59 Å². The van der Waals surface area contributed by atoms with Crippen molar-refractivity contribution in [2.45, 2.75) is 13.8 Å². The number of amides is 2. The Morgan fingerprint density at radius 2 is 1.62 bits per heavy atom. The first-order valence-electron chi connectivity index (χ1n) is 11.0. The minimum Gasteiger partial charge on any atom is -0.339 e. The molecule has 0 aliphatic heterocycles. The van der Waals surface area contributed by atoms with Gasteiger partial charge in [0.1, 0.15) is 5.69 Å². The molecule has 0 N–H and O–H groups in total. The van der Waals surface area contributed by atoms with Gasteiger partial charge in [-0.2, -0.15) is 5.26 Å². The van der Waals surface area contributed by atoms with Crippen LogP contribution in [0, 0.1) is 11.3 Å². The summed E-state index contributed by atoms with van der Waals surface area (Å²) in [6.07, 6.45) is 4.94. The fraction of sp³-hybridized carbons (Fsp3) is 0.192. The highest BCUT2D eigenvalue weighted by Crippen LogP contribution is 2.23. The van der Waals surface area contributed by atoms with E-state index in [4.69, 9.17) is 5.26 Å². The van der Waals surface area contributed by atoms with Gasteiger partial charge in [-0.3, -0.25) is 14.0 Å². The van der Waals surface area contributed by atoms with Gasteiger partial charge in [0, 0.05) is 43.1 Å². The number of rotatable bonds is 6. The first-order chi connectivity index (χ1) is 16.5. The molecule has 0 aliphatic carbocycles. The summed E-state index contributed by atoms with van der Waals surface area (Å²) >= 11 is 0. The van der Waals surface area contributed by atoms with Crippen molar-refractivity contribution in [2.24, 2.45) is 0 Å². The molecule has 0 saturated heterocycles. The highest BCUT2D eigenvalue weighted by atomic mass is 16.2. The number of hydrogen-bond acceptors (Lipinski definition) is 5. The highest BCUT2D eigenvalue weighted by molar-refractivity contribution is 6.04. The Hall–Kier alpha value is -4.51. The molecule has 0 spiro atoms. The Morgan fingerprint density at radius 1 is 0.941 bits per heavy atom. The van der Waals surface area contributed by atoms with E-state index in [-0.39, 0.29) is 17.5 Å². The number of nitrogens with zero attached hydrogens (tertiary/aromatic N) is 6. The molecule has 8 nitrogen and oxygen atoms in total. The Morgan fingerprint density at radius 3 is 2.24 bits per heavy atom. The summed E-state index contributed by atoms with van der Waals surface area (Å²) in [7, 11) is 1.66. The average Bonchev–Trinajstić information content (AvgIpc) is 3.32. The molecule has 0 atom stereocenters. The lowest BCUT2D eigenvalue weighted by Gasteiger charge is -2.18. The van der Waals surface area contributed by atoms with Crippen LogP contribution in [0.5, 0.6) is 0 Å². The highest BCUT2D eigenvalue weighted by Gasteiger charge is 2.18. The molecule has 0 aliphatic rings. The summed E-state index contributed by atoms with van der Waals surface area (Å²) < 4.78 is 1.81. The molecule has 2 heterocycles. The van der Waals surface area contributed by atoms with Crippen molar-refractivity contribution in [2.75, 3.05) is 25.0 Å². The van der Waals surface area contributed by atoms with Gasteiger partial charge in [-0.25, -0.2) is 9.97 Å². The van der Waals surface area contributed by atoms with E-state index in [1.807, 2.05) is 30.4 Å². The van der Waals surface area contributed by atoms with E-state index in [0.717, 1.165) is 11.3 Å². The summed E-state index contributed by atoms with van der Waals surface area (Å²) in [5, 5.41) is 8.98. The van der Waals surface area contributed by atoms with Crippen LogP contribution in [0.1, 0.15) is 40.3 Å². The quantitative estimate of drug-likeness (QED) is 0.440. The maximum absolute atomic E-state index is 13.1. The topological polar surface area (TPSA) is 94.6 Å². The van der Waals surface area contributed by atoms with Crippen LogP contribution in [0.25, 0.3) is 16.9 Å². The minimum absolute atomic E-state index is 0.00221. The van der Waals surface area contributed by atoms with Crippen molar-refractivity contribution in [1.82, 2.24) is 19.3 Å². The van der Waals surface area contributed by atoms with Crippen molar-refractivity contribution >= 4 is 23.1 Å². The third-order valence-corrected chi connectivity index (χ3v) is 5.78. The molecule has 2 aromatic heterocycles. The Balaban J connectivity index is 1.63. The molecule has 34 heavy (non-hydrogen) atoms. The number of carbonyl (C=O) groups is 2. The molecule has 170 valence electrons. The number of aromatic nitrogens is 3. The molecular weight excluding hydrogens is 428 g/mol. The molecule has 0 saturated carbocycles. The molecule has 0 bridgehead atoms. The SMILES string of the molecule is CCN(CC)C(=O)c1ccc(-c2cnc3cnc(C(=O)N(C)c4ccc(C#N)cc4)cn23)cc1. The number of fused-ring (bicyclic) bond motifs is 1. The zero-order valence-corrected chi connectivity index (χ0v) is 19.3. The van der Waals surface area contributed by atoms with E-state index >= 15 is 0 Å². The summed E-state index contributed by atoms with van der Waals surface area (Å²) in [6.45, 7) is 5.23. The number of benzene rings is 2. The second kappa shape index (κ2) is 9.55. The first-order valence-corrected chi connectivity index (χ1v) is 11.0. The standard InChI is InChI=1S/C26H24N6O2/c1-4-31(5-2)25(33)20-10-8-19(9-11-20)23-15-29-24-16-28-22(17-32(23)24)26(34)30(3)21-12-6-18(14-27)7-13-21/h6-13,15-17H,4-5H2,1-3H3. The van der Waals surface area contributed by atoms with Crippen LogP contribution in [-0.4, -0.2) is 51.2 Å². The second-order valence-electron chi connectivity index (χ2n) is 7.72. The maximum atomic E-state index is 13.1. The minimum atomic E-state index is -0.286. The van der Waals surface area contributed by atoms with Gasteiger partial charge in [-0.05, 0) is 50.2 Å². The fourth-order valence-electron chi connectivity index (χ4n) is 3.74. The number of nitriles is 1. The lowest BCUT2D eigenvalue weighted by atomic mass is 10.1. The predicted molar refractivity (Wildman–Crippen MR) is 130 cm³/mol. The second-order valence-corrected chi connectivity index (χ2v) is 7.72. The number of hydrogen-bond donors (Lipinski definition) is 0. The molecule has 8 heteroatoms. The van der Waals surface area contributed by atoms with Gasteiger partial charge in [-0.15, -0.1) is 0 Å². The van der Waals surface area contributed by atoms with Crippen molar-refractivity contribution in [1.29, 1.82) is 5.26 Å². The Kier molecular flexibility index (Phi) is 6.37. The van der Waals surface area contributed by atoms with Crippen LogP contribution in [0.2, 0.25) is 0 Å². The number of carbonyl (C=O) groups excluding carboxylic acids is 2. The van der Waals surface area contributed by atoms with Crippen molar-refractivity contribution in [3.63, 3.8) is 0 Å². The zero-order valence-electron chi connectivity index (χ0n) is 19.3. The summed E-state index contributed by atoms with van der Waals surface area (Å²) in [6, 6.07) is 16.2. The monoisotopic (exact) mass is 452 g/mol. The Labute approximate surface area is 197 Å². The Bertz CT molecular complexity index is 1380. The van der Waals surface area contributed by atoms with Gasteiger partial charge in [-0.1, -0.05) is 12.1 Å². The molecule has 2 amide bonds. The zero-order chi connectivity index (χ0) is 24.2. The predicted octanol–water partition coefficient (Wildman–Crippen LogP) is 4.03. The van der Waals surface area contributed by atoms with Crippen LogP contribution in [0.3, 0.4) is 0 Å². The molecule has 4 aromatic rings. The van der Waals surface area contributed by atoms with Gasteiger partial charge >= 0.3 is 0 Å². The van der Waals surface area contributed by atoms with Crippen molar-refractivity contribution in [3.05, 3.63) is 83.9 Å². The van der Waals surface area contributed by atoms with Crippen LogP contribution in [-0.2, 0) is 0 Å².